The van der Waals surface area contributed by atoms with Gasteiger partial charge in [0.25, 0.3) is 5.56 Å². The Balaban J connectivity index is 1.60. The van der Waals surface area contributed by atoms with Crippen LogP contribution in [0.1, 0.15) is 41.6 Å². The second kappa shape index (κ2) is 8.90. The first-order valence-corrected chi connectivity index (χ1v) is 11.6. The van der Waals surface area contributed by atoms with Crippen LogP contribution in [0.25, 0.3) is 10.2 Å². The van der Waals surface area contributed by atoms with Crippen LogP contribution in [0.5, 0.6) is 5.75 Å². The molecule has 160 valence electrons. The molecule has 0 radical (unpaired) electrons. The van der Waals surface area contributed by atoms with E-state index >= 15 is 0 Å². The number of benzene rings is 1. The topological polar surface area (TPSA) is 47.4 Å². The van der Waals surface area contributed by atoms with Crippen molar-refractivity contribution in [3.05, 3.63) is 56.4 Å². The van der Waals surface area contributed by atoms with E-state index in [-0.39, 0.29) is 5.56 Å². The average molecular weight is 426 g/mol. The van der Waals surface area contributed by atoms with Gasteiger partial charge in [0.15, 0.2) is 0 Å². The molecule has 2 aromatic heterocycles. The number of ether oxygens (including phenoxy) is 1. The number of thiophene rings is 1. The fourth-order valence-electron chi connectivity index (χ4n) is 4.22. The summed E-state index contributed by atoms with van der Waals surface area (Å²) in [4.78, 5) is 22.8. The Morgan fingerprint density at radius 2 is 2.17 bits per heavy atom. The molecule has 0 amide bonds. The number of fused-ring (bicyclic) bond motifs is 3. The van der Waals surface area contributed by atoms with Gasteiger partial charge in [-0.1, -0.05) is 19.1 Å². The highest BCUT2D eigenvalue weighted by molar-refractivity contribution is 7.18. The monoisotopic (exact) mass is 425 g/mol. The molecule has 0 fully saturated rings. The first-order chi connectivity index (χ1) is 14.4. The lowest BCUT2D eigenvalue weighted by Crippen LogP contribution is -2.29. The van der Waals surface area contributed by atoms with Gasteiger partial charge in [-0.15, -0.1) is 11.3 Å². The quantitative estimate of drug-likeness (QED) is 0.526. The maximum Gasteiger partial charge on any atom is 0.262 e. The normalized spacial score (nSPS) is 16.2. The van der Waals surface area contributed by atoms with E-state index in [0.29, 0.717) is 25.6 Å². The highest BCUT2D eigenvalue weighted by Gasteiger charge is 2.24. The van der Waals surface area contributed by atoms with Crippen molar-refractivity contribution in [1.29, 1.82) is 0 Å². The van der Waals surface area contributed by atoms with Crippen molar-refractivity contribution < 1.29 is 4.74 Å². The average Bonchev–Trinajstić information content (AvgIpc) is 3.04. The van der Waals surface area contributed by atoms with Crippen molar-refractivity contribution in [2.75, 3.05) is 20.7 Å². The first kappa shape index (κ1) is 21.1. The van der Waals surface area contributed by atoms with Crippen LogP contribution >= 0.6 is 11.3 Å². The Labute approximate surface area is 182 Å². The Kier molecular flexibility index (Phi) is 6.25. The van der Waals surface area contributed by atoms with Crippen LogP contribution in [0.2, 0.25) is 0 Å². The van der Waals surface area contributed by atoms with Crippen LogP contribution in [-0.2, 0) is 25.9 Å². The molecule has 1 unspecified atom stereocenters. The summed E-state index contributed by atoms with van der Waals surface area (Å²) in [5.41, 5.74) is 2.56. The maximum absolute atomic E-state index is 13.5. The molecule has 3 aromatic rings. The minimum absolute atomic E-state index is 0.124. The summed E-state index contributed by atoms with van der Waals surface area (Å²) in [5.74, 6) is 2.41. The third-order valence-corrected chi connectivity index (χ3v) is 6.88. The fraction of sp³-hybridized carbons (Fsp3) is 0.500. The highest BCUT2D eigenvalue weighted by Crippen LogP contribution is 2.35. The van der Waals surface area contributed by atoms with Crippen molar-refractivity contribution in [3.8, 4) is 5.75 Å². The summed E-state index contributed by atoms with van der Waals surface area (Å²) in [7, 11) is 4.03. The molecular formula is C24H31N3O2S. The van der Waals surface area contributed by atoms with Gasteiger partial charge in [-0.25, -0.2) is 4.98 Å². The molecule has 4 rings (SSSR count). The molecule has 1 aliphatic carbocycles. The Morgan fingerprint density at radius 1 is 1.33 bits per heavy atom. The van der Waals surface area contributed by atoms with Crippen LogP contribution in [-0.4, -0.2) is 35.2 Å². The summed E-state index contributed by atoms with van der Waals surface area (Å²) in [5, 5.41) is 0.865. The van der Waals surface area contributed by atoms with Gasteiger partial charge >= 0.3 is 0 Å². The lowest BCUT2D eigenvalue weighted by Gasteiger charge is -2.18. The predicted octanol–water partition coefficient (Wildman–Crippen LogP) is 4.42. The molecule has 5 nitrogen and oxygen atoms in total. The number of hydrogen-bond acceptors (Lipinski definition) is 5. The number of nitrogens with zero attached hydrogens (tertiary/aromatic N) is 3. The van der Waals surface area contributed by atoms with Crippen molar-refractivity contribution in [2.45, 2.75) is 52.6 Å². The molecule has 30 heavy (non-hydrogen) atoms. The second-order valence-electron chi connectivity index (χ2n) is 8.77. The number of aromatic nitrogens is 2. The third kappa shape index (κ3) is 4.44. The van der Waals surface area contributed by atoms with Crippen molar-refractivity contribution in [1.82, 2.24) is 14.5 Å². The number of hydrogen-bond donors (Lipinski definition) is 0. The van der Waals surface area contributed by atoms with E-state index in [1.165, 1.54) is 16.0 Å². The van der Waals surface area contributed by atoms with E-state index < -0.39 is 0 Å². The summed E-state index contributed by atoms with van der Waals surface area (Å²) in [6.07, 6.45) is 3.99. The van der Waals surface area contributed by atoms with Crippen LogP contribution in [0.3, 0.4) is 0 Å². The van der Waals surface area contributed by atoms with E-state index in [1.54, 1.807) is 11.3 Å². The first-order valence-electron chi connectivity index (χ1n) is 10.8. The molecule has 6 heteroatoms. The van der Waals surface area contributed by atoms with Gasteiger partial charge in [-0.05, 0) is 75.9 Å². The van der Waals surface area contributed by atoms with Gasteiger partial charge in [0.05, 0.1) is 18.5 Å². The van der Waals surface area contributed by atoms with Gasteiger partial charge in [0.1, 0.15) is 16.4 Å². The molecule has 1 atom stereocenters. The van der Waals surface area contributed by atoms with Gasteiger partial charge in [-0.3, -0.25) is 9.36 Å². The maximum atomic E-state index is 13.5. The Bertz CT molecular complexity index is 1100. The molecule has 1 aliphatic rings. The van der Waals surface area contributed by atoms with Gasteiger partial charge in [-0.2, -0.15) is 0 Å². The van der Waals surface area contributed by atoms with Gasteiger partial charge < -0.3 is 9.64 Å². The molecule has 0 N–H and O–H groups in total. The Morgan fingerprint density at radius 3 is 2.93 bits per heavy atom. The highest BCUT2D eigenvalue weighted by atomic mass is 32.1. The predicted molar refractivity (Wildman–Crippen MR) is 124 cm³/mol. The molecule has 1 aromatic carbocycles. The van der Waals surface area contributed by atoms with Gasteiger partial charge in [0.2, 0.25) is 0 Å². The molecule has 2 heterocycles. The van der Waals surface area contributed by atoms with E-state index in [2.05, 4.69) is 24.8 Å². The van der Waals surface area contributed by atoms with E-state index in [0.717, 1.165) is 47.5 Å². The molecular weight excluding hydrogens is 394 g/mol. The van der Waals surface area contributed by atoms with Crippen LogP contribution in [0.15, 0.2) is 29.1 Å². The van der Waals surface area contributed by atoms with E-state index in [9.17, 15) is 4.79 Å². The standard InChI is InChI=1S/C24H31N3O2S/c1-16-7-5-8-18(13-16)29-12-6-11-27-21(15-26(3)4)25-23-22(24(27)28)19-10-9-17(2)14-20(19)30-23/h5,7-8,13,17H,6,9-12,14-15H2,1-4H3. The van der Waals surface area contributed by atoms with E-state index in [4.69, 9.17) is 9.72 Å². The zero-order valence-corrected chi connectivity index (χ0v) is 19.2. The SMILES string of the molecule is Cc1cccc(OCCCn2c(CN(C)C)nc3sc4c(c3c2=O)CCC(C)C4)c1. The van der Waals surface area contributed by atoms with Crippen molar-refractivity contribution in [3.63, 3.8) is 0 Å². The number of rotatable bonds is 7. The third-order valence-electron chi connectivity index (χ3n) is 5.74. The lowest BCUT2D eigenvalue weighted by atomic mass is 9.89. The summed E-state index contributed by atoms with van der Waals surface area (Å²) in [6, 6.07) is 8.07. The largest absolute Gasteiger partial charge is 0.494 e. The molecule has 0 bridgehead atoms. The minimum atomic E-state index is 0.124. The number of aryl methyl sites for hydroxylation is 2. The molecule has 0 aliphatic heterocycles. The van der Waals surface area contributed by atoms with E-state index in [1.807, 2.05) is 36.9 Å². The second-order valence-corrected chi connectivity index (χ2v) is 9.86. The van der Waals surface area contributed by atoms with Crippen molar-refractivity contribution in [2.24, 2.45) is 5.92 Å². The fourth-order valence-corrected chi connectivity index (χ4v) is 5.61. The zero-order chi connectivity index (χ0) is 21.3. The van der Waals surface area contributed by atoms with Crippen molar-refractivity contribution >= 4 is 21.6 Å². The smallest absolute Gasteiger partial charge is 0.262 e. The minimum Gasteiger partial charge on any atom is -0.494 e. The summed E-state index contributed by atoms with van der Waals surface area (Å²) < 4.78 is 7.78. The summed E-state index contributed by atoms with van der Waals surface area (Å²) in [6.45, 7) is 6.21. The van der Waals surface area contributed by atoms with Crippen LogP contribution in [0, 0.1) is 12.8 Å². The molecule has 0 saturated heterocycles. The lowest BCUT2D eigenvalue weighted by molar-refractivity contribution is 0.296. The summed E-state index contributed by atoms with van der Waals surface area (Å²) >= 11 is 1.73. The van der Waals surface area contributed by atoms with Crippen LogP contribution < -0.4 is 10.3 Å². The molecule has 0 spiro atoms. The molecule has 0 saturated carbocycles. The van der Waals surface area contributed by atoms with Gasteiger partial charge in [0, 0.05) is 11.4 Å². The van der Waals surface area contributed by atoms with Crippen LogP contribution in [0.4, 0.5) is 0 Å². The Hall–Kier alpha value is -2.18. The zero-order valence-electron chi connectivity index (χ0n) is 18.4.